The van der Waals surface area contributed by atoms with Crippen LogP contribution in [-0.4, -0.2) is 32.8 Å². The molecule has 3 N–H and O–H groups in total. The van der Waals surface area contributed by atoms with Crippen molar-refractivity contribution < 1.29 is 20.1 Å². The summed E-state index contributed by atoms with van der Waals surface area (Å²) in [5, 5.41) is 29.9. The number of unbranched alkanes of at least 4 members (excludes halogenated alkanes) is 3. The number of hydrogen-bond donors (Lipinski definition) is 3. The molecule has 0 aliphatic heterocycles. The highest BCUT2D eigenvalue weighted by Gasteiger charge is 2.41. The maximum Gasteiger partial charge on any atom is 0.303 e. The van der Waals surface area contributed by atoms with Crippen LogP contribution in [0.1, 0.15) is 108 Å². The van der Waals surface area contributed by atoms with Crippen molar-refractivity contribution in [2.24, 2.45) is 11.3 Å². The van der Waals surface area contributed by atoms with Gasteiger partial charge in [0.15, 0.2) is 0 Å². The van der Waals surface area contributed by atoms with Gasteiger partial charge in [-0.15, -0.1) is 11.6 Å². The molecule has 1 aromatic carbocycles. The smallest absolute Gasteiger partial charge is 0.303 e. The molecule has 1 aliphatic rings. The number of aliphatic hydroxyl groups is 2. The van der Waals surface area contributed by atoms with Crippen molar-refractivity contribution in [2.75, 3.05) is 0 Å². The summed E-state index contributed by atoms with van der Waals surface area (Å²) < 4.78 is 0. The molecule has 2 unspecified atom stereocenters. The lowest BCUT2D eigenvalue weighted by molar-refractivity contribution is -0.137. The standard InChI is InChI=1S/C26H41ClO4/c1-26(2,3)16-8-10-22(28)18-12-14-19(15-13-18)25-20(21(27)17-23(25)29)9-6-4-5-7-11-24(30)31/h12-15,20-23,25,28-29H,4-11,16-17H2,1-3H3,(H,30,31)/t20-,21+,22?,23?,25+/m0/s1. The fraction of sp³-hybridized carbons (Fsp3) is 0.731. The van der Waals surface area contributed by atoms with E-state index in [0.29, 0.717) is 6.42 Å². The molecule has 0 saturated heterocycles. The van der Waals surface area contributed by atoms with Crippen LogP contribution in [0.3, 0.4) is 0 Å². The van der Waals surface area contributed by atoms with Crippen LogP contribution in [0.4, 0.5) is 0 Å². The first-order valence-corrected chi connectivity index (χ1v) is 12.3. The Kier molecular flexibility index (Phi) is 10.3. The van der Waals surface area contributed by atoms with Crippen LogP contribution < -0.4 is 0 Å². The molecule has 0 radical (unpaired) electrons. The average Bonchev–Trinajstić information content (AvgIpc) is 2.96. The minimum absolute atomic E-state index is 0.0219. The van der Waals surface area contributed by atoms with E-state index >= 15 is 0 Å². The van der Waals surface area contributed by atoms with E-state index in [9.17, 15) is 15.0 Å². The molecule has 0 aromatic heterocycles. The van der Waals surface area contributed by atoms with Crippen molar-refractivity contribution in [2.45, 2.75) is 108 Å². The summed E-state index contributed by atoms with van der Waals surface area (Å²) in [7, 11) is 0. The van der Waals surface area contributed by atoms with E-state index in [0.717, 1.165) is 62.5 Å². The van der Waals surface area contributed by atoms with Gasteiger partial charge in [0.1, 0.15) is 0 Å². The van der Waals surface area contributed by atoms with Crippen molar-refractivity contribution in [3.05, 3.63) is 35.4 Å². The van der Waals surface area contributed by atoms with E-state index in [1.54, 1.807) is 0 Å². The monoisotopic (exact) mass is 452 g/mol. The summed E-state index contributed by atoms with van der Waals surface area (Å²) in [5.41, 5.74) is 2.31. The highest BCUT2D eigenvalue weighted by atomic mass is 35.5. The molecule has 1 aliphatic carbocycles. The Balaban J connectivity index is 1.90. The normalized spacial score (nSPS) is 25.0. The van der Waals surface area contributed by atoms with Crippen molar-refractivity contribution >= 4 is 17.6 Å². The molecule has 2 rings (SSSR count). The summed E-state index contributed by atoms with van der Waals surface area (Å²) in [6.07, 6.45) is 7.37. The van der Waals surface area contributed by atoms with E-state index in [4.69, 9.17) is 16.7 Å². The molecule has 1 fully saturated rings. The van der Waals surface area contributed by atoms with Crippen LogP contribution in [0.25, 0.3) is 0 Å². The van der Waals surface area contributed by atoms with Crippen LogP contribution in [0.2, 0.25) is 0 Å². The topological polar surface area (TPSA) is 77.8 Å². The Bertz CT molecular complexity index is 667. The van der Waals surface area contributed by atoms with Gasteiger partial charge in [-0.25, -0.2) is 0 Å². The Morgan fingerprint density at radius 2 is 1.74 bits per heavy atom. The fourth-order valence-electron chi connectivity index (χ4n) is 4.83. The Labute approximate surface area is 193 Å². The second kappa shape index (κ2) is 12.2. The van der Waals surface area contributed by atoms with Crippen molar-refractivity contribution in [1.29, 1.82) is 0 Å². The van der Waals surface area contributed by atoms with E-state index < -0.39 is 18.2 Å². The zero-order chi connectivity index (χ0) is 23.0. The number of aliphatic hydroxyl groups excluding tert-OH is 2. The number of rotatable bonds is 12. The number of carbonyl (C=O) groups is 1. The van der Waals surface area contributed by atoms with Crippen LogP contribution in [0, 0.1) is 11.3 Å². The van der Waals surface area contributed by atoms with Gasteiger partial charge >= 0.3 is 5.97 Å². The minimum atomic E-state index is -0.734. The number of benzene rings is 1. The Morgan fingerprint density at radius 1 is 1.10 bits per heavy atom. The second-order valence-electron chi connectivity index (χ2n) is 10.5. The largest absolute Gasteiger partial charge is 0.481 e. The number of hydrogen-bond acceptors (Lipinski definition) is 3. The zero-order valence-electron chi connectivity index (χ0n) is 19.4. The van der Waals surface area contributed by atoms with Gasteiger partial charge < -0.3 is 15.3 Å². The van der Waals surface area contributed by atoms with Crippen LogP contribution >= 0.6 is 11.6 Å². The molecular weight excluding hydrogens is 412 g/mol. The predicted molar refractivity (Wildman–Crippen MR) is 127 cm³/mol. The van der Waals surface area contributed by atoms with Gasteiger partial charge in [-0.1, -0.05) is 70.7 Å². The van der Waals surface area contributed by atoms with Gasteiger partial charge in [0.2, 0.25) is 0 Å². The Hall–Kier alpha value is -1.10. The van der Waals surface area contributed by atoms with Crippen LogP contribution in [0.15, 0.2) is 24.3 Å². The van der Waals surface area contributed by atoms with Crippen LogP contribution in [-0.2, 0) is 4.79 Å². The van der Waals surface area contributed by atoms with E-state index in [1.807, 2.05) is 24.3 Å². The molecular formula is C26H41ClO4. The van der Waals surface area contributed by atoms with E-state index in [-0.39, 0.29) is 29.0 Å². The third kappa shape index (κ3) is 8.75. The summed E-state index contributed by atoms with van der Waals surface area (Å²) in [6.45, 7) is 6.66. The third-order valence-corrected chi connectivity index (χ3v) is 7.10. The van der Waals surface area contributed by atoms with Gasteiger partial charge in [-0.05, 0) is 54.6 Å². The van der Waals surface area contributed by atoms with Gasteiger partial charge in [0.25, 0.3) is 0 Å². The summed E-state index contributed by atoms with van der Waals surface area (Å²) >= 11 is 6.60. The minimum Gasteiger partial charge on any atom is -0.481 e. The predicted octanol–water partition coefficient (Wildman–Crippen LogP) is 6.43. The first kappa shape index (κ1) is 26.2. The molecule has 0 amide bonds. The van der Waals surface area contributed by atoms with Crippen molar-refractivity contribution in [1.82, 2.24) is 0 Å². The van der Waals surface area contributed by atoms with Gasteiger partial charge in [0.05, 0.1) is 12.2 Å². The lowest BCUT2D eigenvalue weighted by atomic mass is 9.83. The molecule has 1 aromatic rings. The van der Waals surface area contributed by atoms with Gasteiger partial charge in [-0.2, -0.15) is 0 Å². The number of halogens is 1. The van der Waals surface area contributed by atoms with Crippen molar-refractivity contribution in [3.63, 3.8) is 0 Å². The fourth-order valence-corrected chi connectivity index (χ4v) is 5.30. The highest BCUT2D eigenvalue weighted by Crippen LogP contribution is 2.45. The molecule has 4 nitrogen and oxygen atoms in total. The zero-order valence-corrected chi connectivity index (χ0v) is 20.2. The Morgan fingerprint density at radius 3 is 2.35 bits per heavy atom. The number of carboxylic acids is 1. The highest BCUT2D eigenvalue weighted by molar-refractivity contribution is 6.21. The quantitative estimate of drug-likeness (QED) is 0.252. The van der Waals surface area contributed by atoms with E-state index in [1.165, 1.54) is 0 Å². The second-order valence-corrected chi connectivity index (χ2v) is 11.1. The summed E-state index contributed by atoms with van der Waals surface area (Å²) in [6, 6.07) is 8.08. The first-order chi connectivity index (χ1) is 14.6. The molecule has 31 heavy (non-hydrogen) atoms. The maximum atomic E-state index is 10.7. The van der Waals surface area contributed by atoms with Crippen LogP contribution in [0.5, 0.6) is 0 Å². The SMILES string of the molecule is CC(C)(C)CCCC(O)c1ccc([C@H]2C(O)C[C@@H](Cl)[C@@H]2CCCCCCC(=O)O)cc1. The summed E-state index contributed by atoms with van der Waals surface area (Å²) in [4.78, 5) is 10.6. The molecule has 1 saturated carbocycles. The first-order valence-electron chi connectivity index (χ1n) is 11.9. The molecule has 5 atom stereocenters. The number of aliphatic carboxylic acids is 1. The molecule has 0 bridgehead atoms. The van der Waals surface area contributed by atoms with Gasteiger partial charge in [0, 0.05) is 17.7 Å². The lowest BCUT2D eigenvalue weighted by Gasteiger charge is -2.24. The molecule has 5 heteroatoms. The number of carboxylic acid groups (broad SMARTS) is 1. The summed E-state index contributed by atoms with van der Waals surface area (Å²) in [5.74, 6) is -0.491. The molecule has 0 spiro atoms. The number of alkyl halides is 1. The van der Waals surface area contributed by atoms with Gasteiger partial charge in [-0.3, -0.25) is 4.79 Å². The van der Waals surface area contributed by atoms with E-state index in [2.05, 4.69) is 20.8 Å². The molecule has 176 valence electrons. The lowest BCUT2D eigenvalue weighted by Crippen LogP contribution is -2.19. The van der Waals surface area contributed by atoms with Crippen molar-refractivity contribution in [3.8, 4) is 0 Å². The molecule has 0 heterocycles. The third-order valence-electron chi connectivity index (χ3n) is 6.60. The maximum absolute atomic E-state index is 10.7. The average molecular weight is 453 g/mol.